The lowest BCUT2D eigenvalue weighted by molar-refractivity contribution is -0.147. The highest BCUT2D eigenvalue weighted by Crippen LogP contribution is 2.57. The zero-order chi connectivity index (χ0) is 28.8. The van der Waals surface area contributed by atoms with Gasteiger partial charge in [-0.2, -0.15) is 0 Å². The molecule has 4 heteroatoms. The SMILES string of the molecule is CCOc1cc(C(C)C(CCCC(C)c2ccccc2)C(=O)CC2(C(C)=O)CC(C)(C)C2)cc(OCC)c1C. The van der Waals surface area contributed by atoms with Gasteiger partial charge in [0.15, 0.2) is 0 Å². The standard InChI is InChI=1S/C35H50O4/c1-9-38-32-19-29(20-33(26(32)5)39-10-2)25(4)30(18-14-15-24(3)28-16-12-11-13-17-28)31(37)21-35(27(6)36)22-34(7,8)23-35/h11-13,16-17,19-20,24-25,30H,9-10,14-15,18,21-23H2,1-8H3. The average molecular weight is 535 g/mol. The lowest BCUT2D eigenvalue weighted by Gasteiger charge is -2.52. The van der Waals surface area contributed by atoms with Gasteiger partial charge in [0.1, 0.15) is 23.1 Å². The summed E-state index contributed by atoms with van der Waals surface area (Å²) < 4.78 is 11.9. The first kappa shape index (κ1) is 30.9. The third-order valence-electron chi connectivity index (χ3n) is 8.89. The summed E-state index contributed by atoms with van der Waals surface area (Å²) >= 11 is 0. The molecule has 3 atom stereocenters. The first-order chi connectivity index (χ1) is 18.4. The quantitative estimate of drug-likeness (QED) is 0.229. The number of hydrogen-bond acceptors (Lipinski definition) is 4. The van der Waals surface area contributed by atoms with Gasteiger partial charge in [-0.15, -0.1) is 0 Å². The molecule has 4 nitrogen and oxygen atoms in total. The number of carbonyl (C=O) groups excluding carboxylic acids is 2. The Kier molecular flexibility index (Phi) is 10.4. The molecule has 0 saturated heterocycles. The number of benzene rings is 2. The van der Waals surface area contributed by atoms with Gasteiger partial charge in [-0.1, -0.05) is 64.4 Å². The van der Waals surface area contributed by atoms with Gasteiger partial charge in [-0.25, -0.2) is 0 Å². The van der Waals surface area contributed by atoms with E-state index in [0.29, 0.717) is 25.6 Å². The van der Waals surface area contributed by atoms with Crippen LogP contribution in [0.4, 0.5) is 0 Å². The summed E-state index contributed by atoms with van der Waals surface area (Å²) in [6.07, 6.45) is 4.71. The zero-order valence-electron chi connectivity index (χ0n) is 25.6. The Hall–Kier alpha value is -2.62. The largest absolute Gasteiger partial charge is 0.493 e. The van der Waals surface area contributed by atoms with E-state index in [0.717, 1.165) is 54.7 Å². The number of rotatable bonds is 15. The van der Waals surface area contributed by atoms with E-state index in [2.05, 4.69) is 64.1 Å². The van der Waals surface area contributed by atoms with E-state index in [1.165, 1.54) is 5.56 Å². The Morgan fingerprint density at radius 2 is 1.46 bits per heavy atom. The Labute approximate surface area is 236 Å². The fourth-order valence-corrected chi connectivity index (χ4v) is 6.81. The molecule has 214 valence electrons. The van der Waals surface area contributed by atoms with Crippen molar-refractivity contribution in [2.24, 2.45) is 16.7 Å². The lowest BCUT2D eigenvalue weighted by Crippen LogP contribution is -2.49. The fourth-order valence-electron chi connectivity index (χ4n) is 6.81. The summed E-state index contributed by atoms with van der Waals surface area (Å²) in [5.74, 6) is 2.26. The smallest absolute Gasteiger partial charge is 0.137 e. The minimum Gasteiger partial charge on any atom is -0.493 e. The van der Waals surface area contributed by atoms with Gasteiger partial charge in [0.2, 0.25) is 0 Å². The Bertz CT molecular complexity index is 1080. The predicted octanol–water partition coefficient (Wildman–Crippen LogP) is 8.84. The van der Waals surface area contributed by atoms with E-state index in [9.17, 15) is 9.59 Å². The van der Waals surface area contributed by atoms with Crippen LogP contribution in [-0.2, 0) is 9.59 Å². The summed E-state index contributed by atoms with van der Waals surface area (Å²) in [7, 11) is 0. The number of hydrogen-bond donors (Lipinski definition) is 0. The highest BCUT2D eigenvalue weighted by atomic mass is 16.5. The molecule has 0 heterocycles. The highest BCUT2D eigenvalue weighted by Gasteiger charge is 2.53. The van der Waals surface area contributed by atoms with Gasteiger partial charge in [-0.05, 0) is 93.9 Å². The van der Waals surface area contributed by atoms with E-state index in [1.54, 1.807) is 6.92 Å². The van der Waals surface area contributed by atoms with E-state index in [4.69, 9.17) is 9.47 Å². The third-order valence-corrected chi connectivity index (χ3v) is 8.89. The van der Waals surface area contributed by atoms with Gasteiger partial charge in [-0.3, -0.25) is 9.59 Å². The van der Waals surface area contributed by atoms with Crippen LogP contribution in [0.15, 0.2) is 42.5 Å². The molecule has 3 unspecified atom stereocenters. The number of carbonyl (C=O) groups is 2. The number of ketones is 2. The first-order valence-corrected chi connectivity index (χ1v) is 14.9. The van der Waals surface area contributed by atoms with Gasteiger partial charge in [0.25, 0.3) is 0 Å². The summed E-state index contributed by atoms with van der Waals surface area (Å²) in [5.41, 5.74) is 3.00. The molecule has 0 radical (unpaired) electrons. The first-order valence-electron chi connectivity index (χ1n) is 14.9. The molecule has 1 aliphatic carbocycles. The van der Waals surface area contributed by atoms with Crippen molar-refractivity contribution in [1.82, 2.24) is 0 Å². The summed E-state index contributed by atoms with van der Waals surface area (Å²) in [4.78, 5) is 26.9. The van der Waals surface area contributed by atoms with Crippen molar-refractivity contribution in [2.45, 2.75) is 106 Å². The van der Waals surface area contributed by atoms with Crippen molar-refractivity contribution < 1.29 is 19.1 Å². The number of Topliss-reactive ketones (excluding diaryl/α,β-unsaturated/α-hetero) is 2. The average Bonchev–Trinajstić information content (AvgIpc) is 2.87. The fraction of sp³-hybridized carbons (Fsp3) is 0.600. The van der Waals surface area contributed by atoms with E-state index in [-0.39, 0.29) is 28.8 Å². The molecule has 0 aliphatic heterocycles. The van der Waals surface area contributed by atoms with Crippen molar-refractivity contribution in [1.29, 1.82) is 0 Å². The minimum absolute atomic E-state index is 0.0133. The summed E-state index contributed by atoms with van der Waals surface area (Å²) in [6, 6.07) is 14.8. The highest BCUT2D eigenvalue weighted by molar-refractivity contribution is 5.92. The second-order valence-electron chi connectivity index (χ2n) is 12.6. The van der Waals surface area contributed by atoms with Crippen LogP contribution in [-0.4, -0.2) is 24.8 Å². The normalized spacial score (nSPS) is 17.9. The Morgan fingerprint density at radius 3 is 1.95 bits per heavy atom. The van der Waals surface area contributed by atoms with Crippen molar-refractivity contribution in [3.05, 3.63) is 59.2 Å². The maximum Gasteiger partial charge on any atom is 0.137 e. The molecule has 0 spiro atoms. The zero-order valence-corrected chi connectivity index (χ0v) is 25.6. The van der Waals surface area contributed by atoms with Crippen LogP contribution in [0.3, 0.4) is 0 Å². The molecule has 2 aromatic carbocycles. The molecule has 1 aliphatic rings. The van der Waals surface area contributed by atoms with Gasteiger partial charge in [0, 0.05) is 23.3 Å². The summed E-state index contributed by atoms with van der Waals surface area (Å²) in [5, 5.41) is 0. The lowest BCUT2D eigenvalue weighted by atomic mass is 9.51. The van der Waals surface area contributed by atoms with Crippen molar-refractivity contribution >= 4 is 11.6 Å². The van der Waals surface area contributed by atoms with Gasteiger partial charge < -0.3 is 9.47 Å². The predicted molar refractivity (Wildman–Crippen MR) is 160 cm³/mol. The maximum absolute atomic E-state index is 14.1. The van der Waals surface area contributed by atoms with Crippen LogP contribution in [0.5, 0.6) is 11.5 Å². The van der Waals surface area contributed by atoms with Crippen LogP contribution >= 0.6 is 0 Å². The Morgan fingerprint density at radius 1 is 0.897 bits per heavy atom. The second kappa shape index (κ2) is 13.2. The molecule has 0 N–H and O–H groups in total. The molecule has 3 rings (SSSR count). The van der Waals surface area contributed by atoms with E-state index < -0.39 is 5.41 Å². The van der Waals surface area contributed by atoms with Crippen LogP contribution in [0.1, 0.15) is 116 Å². The topological polar surface area (TPSA) is 52.6 Å². The van der Waals surface area contributed by atoms with Gasteiger partial charge >= 0.3 is 0 Å². The van der Waals surface area contributed by atoms with Crippen molar-refractivity contribution in [3.63, 3.8) is 0 Å². The molecule has 1 fully saturated rings. The van der Waals surface area contributed by atoms with Crippen LogP contribution in [0, 0.1) is 23.7 Å². The van der Waals surface area contributed by atoms with Crippen LogP contribution < -0.4 is 9.47 Å². The maximum atomic E-state index is 14.1. The van der Waals surface area contributed by atoms with E-state index in [1.807, 2.05) is 26.8 Å². The molecule has 0 bridgehead atoms. The monoisotopic (exact) mass is 534 g/mol. The van der Waals surface area contributed by atoms with Crippen LogP contribution in [0.25, 0.3) is 0 Å². The number of ether oxygens (including phenoxy) is 2. The molecule has 0 aromatic heterocycles. The molecule has 0 amide bonds. The van der Waals surface area contributed by atoms with Gasteiger partial charge in [0.05, 0.1) is 13.2 Å². The van der Waals surface area contributed by atoms with E-state index >= 15 is 0 Å². The second-order valence-corrected chi connectivity index (χ2v) is 12.6. The molecular weight excluding hydrogens is 484 g/mol. The molecule has 1 saturated carbocycles. The van der Waals surface area contributed by atoms with Crippen molar-refractivity contribution in [2.75, 3.05) is 13.2 Å². The molecule has 39 heavy (non-hydrogen) atoms. The summed E-state index contributed by atoms with van der Waals surface area (Å²) in [6.45, 7) is 17.6. The molecular formula is C35H50O4. The van der Waals surface area contributed by atoms with Crippen LogP contribution in [0.2, 0.25) is 0 Å². The third kappa shape index (κ3) is 7.52. The Balaban J connectivity index is 1.88. The molecule has 2 aromatic rings. The minimum atomic E-state index is -0.504. The van der Waals surface area contributed by atoms with Crippen molar-refractivity contribution in [3.8, 4) is 11.5 Å².